The molecule has 1 rings (SSSR count). The molecule has 0 aliphatic rings. The molecule has 0 aliphatic heterocycles. The maximum atomic E-state index is 11.1. The molecule has 0 saturated heterocycles. The minimum absolute atomic E-state index is 0.0243. The van der Waals surface area contributed by atoms with Crippen molar-refractivity contribution in [3.05, 3.63) is 22.8 Å². The summed E-state index contributed by atoms with van der Waals surface area (Å²) in [6.45, 7) is 3.69. The van der Waals surface area contributed by atoms with E-state index < -0.39 is 11.9 Å². The Morgan fingerprint density at radius 3 is 2.56 bits per heavy atom. The molecule has 0 spiro atoms. The quantitative estimate of drug-likeness (QED) is 0.883. The van der Waals surface area contributed by atoms with Gasteiger partial charge in [0.2, 0.25) is 5.88 Å². The summed E-state index contributed by atoms with van der Waals surface area (Å²) in [6.07, 6.45) is 1.49. The lowest BCUT2D eigenvalue weighted by atomic mass is 9.90. The second kappa shape index (κ2) is 5.16. The van der Waals surface area contributed by atoms with Crippen molar-refractivity contribution < 1.29 is 14.6 Å². The lowest BCUT2D eigenvalue weighted by molar-refractivity contribution is -0.139. The van der Waals surface area contributed by atoms with E-state index in [-0.39, 0.29) is 5.92 Å². The van der Waals surface area contributed by atoms with E-state index in [2.05, 4.69) is 4.98 Å². The Balaban J connectivity index is 3.12. The van der Waals surface area contributed by atoms with Gasteiger partial charge in [-0.15, -0.1) is 0 Å². The number of pyridine rings is 1. The van der Waals surface area contributed by atoms with Gasteiger partial charge in [-0.25, -0.2) is 4.98 Å². The van der Waals surface area contributed by atoms with Crippen molar-refractivity contribution in [1.29, 1.82) is 0 Å². The van der Waals surface area contributed by atoms with Crippen molar-refractivity contribution in [2.24, 2.45) is 5.92 Å². The zero-order valence-corrected chi connectivity index (χ0v) is 10.2. The fourth-order valence-electron chi connectivity index (χ4n) is 1.57. The fraction of sp³-hybridized carbons (Fsp3) is 0.455. The summed E-state index contributed by atoms with van der Waals surface area (Å²) < 4.78 is 4.91. The Labute approximate surface area is 99.2 Å². The van der Waals surface area contributed by atoms with Crippen LogP contribution in [0.25, 0.3) is 0 Å². The number of methoxy groups -OCH3 is 1. The van der Waals surface area contributed by atoms with Crippen LogP contribution in [0.1, 0.15) is 25.3 Å². The first-order valence-corrected chi connectivity index (χ1v) is 5.27. The highest BCUT2D eigenvalue weighted by molar-refractivity contribution is 6.31. The summed E-state index contributed by atoms with van der Waals surface area (Å²) in [6, 6.07) is 1.59. The van der Waals surface area contributed by atoms with E-state index in [1.165, 1.54) is 13.3 Å². The number of carboxylic acids is 1. The summed E-state index contributed by atoms with van der Waals surface area (Å²) in [5.74, 6) is -1.20. The molecule has 4 nitrogen and oxygen atoms in total. The van der Waals surface area contributed by atoms with Crippen LogP contribution in [-0.2, 0) is 4.79 Å². The first kappa shape index (κ1) is 12.8. The molecule has 1 atom stereocenters. The van der Waals surface area contributed by atoms with E-state index in [1.54, 1.807) is 6.07 Å². The molecule has 0 radical (unpaired) electrons. The third-order valence-electron chi connectivity index (χ3n) is 2.31. The van der Waals surface area contributed by atoms with Gasteiger partial charge in [0.25, 0.3) is 0 Å². The summed E-state index contributed by atoms with van der Waals surface area (Å²) >= 11 is 5.90. The number of ether oxygens (including phenoxy) is 1. The van der Waals surface area contributed by atoms with Gasteiger partial charge < -0.3 is 9.84 Å². The van der Waals surface area contributed by atoms with E-state index in [1.807, 2.05) is 13.8 Å². The van der Waals surface area contributed by atoms with E-state index in [9.17, 15) is 4.79 Å². The molecular weight excluding hydrogens is 230 g/mol. The monoisotopic (exact) mass is 243 g/mol. The Hall–Kier alpha value is -1.29. The van der Waals surface area contributed by atoms with Crippen molar-refractivity contribution in [3.8, 4) is 5.88 Å². The molecule has 1 aromatic heterocycles. The summed E-state index contributed by atoms with van der Waals surface area (Å²) in [5, 5.41) is 9.44. The maximum absolute atomic E-state index is 11.1. The molecule has 0 fully saturated rings. The number of aromatic nitrogens is 1. The molecular formula is C11H14ClNO3. The van der Waals surface area contributed by atoms with Crippen LogP contribution in [-0.4, -0.2) is 23.2 Å². The van der Waals surface area contributed by atoms with E-state index in [0.717, 1.165) is 0 Å². The van der Waals surface area contributed by atoms with Gasteiger partial charge in [-0.1, -0.05) is 25.4 Å². The molecule has 1 unspecified atom stereocenters. The topological polar surface area (TPSA) is 59.4 Å². The van der Waals surface area contributed by atoms with Crippen LogP contribution in [0.2, 0.25) is 5.02 Å². The number of carboxylic acid groups (broad SMARTS) is 1. The Bertz CT molecular complexity index is 393. The van der Waals surface area contributed by atoms with Crippen molar-refractivity contribution >= 4 is 17.6 Å². The molecule has 1 heterocycles. The number of halogens is 1. The highest BCUT2D eigenvalue weighted by atomic mass is 35.5. The van der Waals surface area contributed by atoms with Gasteiger partial charge in [0.15, 0.2) is 0 Å². The van der Waals surface area contributed by atoms with Crippen LogP contribution >= 0.6 is 11.6 Å². The highest BCUT2D eigenvalue weighted by Gasteiger charge is 2.24. The van der Waals surface area contributed by atoms with E-state index in [0.29, 0.717) is 16.5 Å². The molecule has 1 aromatic rings. The second-order valence-electron chi connectivity index (χ2n) is 3.82. The molecule has 16 heavy (non-hydrogen) atoms. The lowest BCUT2D eigenvalue weighted by Gasteiger charge is -2.16. The molecule has 0 bridgehead atoms. The summed E-state index contributed by atoms with van der Waals surface area (Å²) in [5.41, 5.74) is 0.591. The van der Waals surface area contributed by atoms with Crippen molar-refractivity contribution in [1.82, 2.24) is 4.98 Å². The Morgan fingerprint density at radius 1 is 1.56 bits per heavy atom. The molecule has 1 N–H and O–H groups in total. The van der Waals surface area contributed by atoms with Gasteiger partial charge in [0.05, 0.1) is 13.0 Å². The summed E-state index contributed by atoms with van der Waals surface area (Å²) in [4.78, 5) is 15.1. The van der Waals surface area contributed by atoms with Gasteiger partial charge in [-0.2, -0.15) is 0 Å². The molecule has 0 amide bonds. The van der Waals surface area contributed by atoms with Crippen molar-refractivity contribution in [2.45, 2.75) is 19.8 Å². The van der Waals surface area contributed by atoms with Crippen LogP contribution < -0.4 is 4.74 Å². The zero-order chi connectivity index (χ0) is 12.3. The molecule has 88 valence electrons. The smallest absolute Gasteiger partial charge is 0.311 e. The van der Waals surface area contributed by atoms with Crippen LogP contribution in [0, 0.1) is 5.92 Å². The van der Waals surface area contributed by atoms with Gasteiger partial charge in [-0.3, -0.25) is 4.79 Å². The van der Waals surface area contributed by atoms with Gasteiger partial charge in [0.1, 0.15) is 5.02 Å². The van der Waals surface area contributed by atoms with Crippen molar-refractivity contribution in [2.75, 3.05) is 7.11 Å². The van der Waals surface area contributed by atoms with Crippen LogP contribution in [0.5, 0.6) is 5.88 Å². The number of nitrogens with zero attached hydrogens (tertiary/aromatic N) is 1. The average Bonchev–Trinajstić information content (AvgIpc) is 2.16. The fourth-order valence-corrected chi connectivity index (χ4v) is 1.83. The van der Waals surface area contributed by atoms with Gasteiger partial charge in [-0.05, 0) is 17.5 Å². The second-order valence-corrected chi connectivity index (χ2v) is 4.23. The standard InChI is InChI=1S/C11H14ClNO3/c1-6(2)9(11(14)15)7-4-8(12)10(16-3)13-5-7/h4-6,9H,1-3H3,(H,14,15). The highest BCUT2D eigenvalue weighted by Crippen LogP contribution is 2.29. The third-order valence-corrected chi connectivity index (χ3v) is 2.58. The van der Waals surface area contributed by atoms with E-state index in [4.69, 9.17) is 21.4 Å². The number of hydrogen-bond donors (Lipinski definition) is 1. The number of rotatable bonds is 4. The molecule has 0 saturated carbocycles. The molecule has 0 aliphatic carbocycles. The first-order valence-electron chi connectivity index (χ1n) is 4.89. The average molecular weight is 244 g/mol. The van der Waals surface area contributed by atoms with Crippen LogP contribution in [0.15, 0.2) is 12.3 Å². The first-order chi connectivity index (χ1) is 7.47. The minimum Gasteiger partial charge on any atom is -0.481 e. The number of aliphatic carboxylic acids is 1. The van der Waals surface area contributed by atoms with Crippen LogP contribution in [0.3, 0.4) is 0 Å². The summed E-state index contributed by atoms with van der Waals surface area (Å²) in [7, 11) is 1.46. The Kier molecular flexibility index (Phi) is 4.12. The SMILES string of the molecule is COc1ncc(C(C(=O)O)C(C)C)cc1Cl. The predicted molar refractivity (Wildman–Crippen MR) is 61.0 cm³/mol. The van der Waals surface area contributed by atoms with Crippen molar-refractivity contribution in [3.63, 3.8) is 0 Å². The minimum atomic E-state index is -0.877. The van der Waals surface area contributed by atoms with E-state index >= 15 is 0 Å². The molecule has 0 aromatic carbocycles. The van der Waals surface area contributed by atoms with Crippen LogP contribution in [0.4, 0.5) is 0 Å². The van der Waals surface area contributed by atoms with Gasteiger partial charge >= 0.3 is 5.97 Å². The number of carbonyl (C=O) groups is 1. The zero-order valence-electron chi connectivity index (χ0n) is 9.40. The molecule has 5 heteroatoms. The third kappa shape index (κ3) is 2.64. The van der Waals surface area contributed by atoms with Gasteiger partial charge in [0, 0.05) is 6.20 Å². The number of hydrogen-bond acceptors (Lipinski definition) is 3. The Morgan fingerprint density at radius 2 is 2.19 bits per heavy atom. The maximum Gasteiger partial charge on any atom is 0.311 e. The predicted octanol–water partition coefficient (Wildman–Crippen LogP) is 2.57. The lowest BCUT2D eigenvalue weighted by Crippen LogP contribution is -2.17. The normalized spacial score (nSPS) is 12.6. The largest absolute Gasteiger partial charge is 0.481 e.